The number of aryl methyl sites for hydroxylation is 2. The number of amides is 1. The summed E-state index contributed by atoms with van der Waals surface area (Å²) in [6.07, 6.45) is 0. The third-order valence-corrected chi connectivity index (χ3v) is 3.68. The molecule has 2 rings (SSSR count). The molecule has 124 valence electrons. The highest BCUT2D eigenvalue weighted by atomic mass is 19.1. The van der Waals surface area contributed by atoms with Gasteiger partial charge in [-0.25, -0.2) is 8.78 Å². The summed E-state index contributed by atoms with van der Waals surface area (Å²) in [4.78, 5) is 12.4. The molecule has 1 aromatic heterocycles. The molecule has 2 aromatic rings. The van der Waals surface area contributed by atoms with Crippen LogP contribution in [0.25, 0.3) is 0 Å². The van der Waals surface area contributed by atoms with Crippen LogP contribution >= 0.6 is 0 Å². The topological polar surface area (TPSA) is 43.3 Å². The van der Waals surface area contributed by atoms with Crippen LogP contribution in [0.5, 0.6) is 0 Å². The Labute approximate surface area is 134 Å². The number of benzene rings is 1. The molecular formula is C17H20F2N2O2. The van der Waals surface area contributed by atoms with E-state index >= 15 is 0 Å². The molecule has 4 nitrogen and oxygen atoms in total. The Bertz CT molecular complexity index is 691. The van der Waals surface area contributed by atoms with Crippen LogP contribution in [0.1, 0.15) is 27.3 Å². The summed E-state index contributed by atoms with van der Waals surface area (Å²) in [6.45, 7) is 4.33. The zero-order chi connectivity index (χ0) is 17.0. The molecule has 23 heavy (non-hydrogen) atoms. The number of hydrogen-bond donors (Lipinski definition) is 1. The normalized spacial score (nSPS) is 10.8. The maximum atomic E-state index is 13.9. The first kappa shape index (κ1) is 17.1. The Kier molecular flexibility index (Phi) is 5.50. The van der Waals surface area contributed by atoms with Crippen molar-refractivity contribution in [2.45, 2.75) is 20.4 Å². The van der Waals surface area contributed by atoms with Gasteiger partial charge in [0, 0.05) is 24.9 Å². The molecule has 0 bridgehead atoms. The average molecular weight is 322 g/mol. The number of nitrogens with one attached hydrogen (secondary N) is 1. The molecule has 0 aliphatic carbocycles. The number of carbonyl (C=O) groups excluding carboxylic acids is 1. The van der Waals surface area contributed by atoms with Gasteiger partial charge in [0.1, 0.15) is 17.3 Å². The van der Waals surface area contributed by atoms with Gasteiger partial charge in [0.25, 0.3) is 5.91 Å². The minimum Gasteiger partial charge on any atom is -0.383 e. The molecule has 6 heteroatoms. The van der Waals surface area contributed by atoms with Crippen LogP contribution < -0.4 is 5.32 Å². The van der Waals surface area contributed by atoms with E-state index in [4.69, 9.17) is 4.74 Å². The number of ether oxygens (including phenoxy) is 1. The lowest BCUT2D eigenvalue weighted by molar-refractivity contribution is 0.0927. The summed E-state index contributed by atoms with van der Waals surface area (Å²) in [5.74, 6) is -1.53. The quantitative estimate of drug-likeness (QED) is 0.831. The van der Waals surface area contributed by atoms with Gasteiger partial charge in [-0.1, -0.05) is 6.07 Å². The number of aromatic nitrogens is 1. The van der Waals surface area contributed by atoms with Gasteiger partial charge in [-0.15, -0.1) is 0 Å². The monoisotopic (exact) mass is 322 g/mol. The van der Waals surface area contributed by atoms with Crippen molar-refractivity contribution in [2.75, 3.05) is 20.3 Å². The van der Waals surface area contributed by atoms with Crippen molar-refractivity contribution in [1.29, 1.82) is 0 Å². The number of rotatable bonds is 6. The molecule has 0 fully saturated rings. The van der Waals surface area contributed by atoms with Crippen molar-refractivity contribution >= 4 is 5.91 Å². The van der Waals surface area contributed by atoms with Crippen LogP contribution in [0.3, 0.4) is 0 Å². The van der Waals surface area contributed by atoms with Crippen molar-refractivity contribution in [1.82, 2.24) is 9.88 Å². The van der Waals surface area contributed by atoms with E-state index in [9.17, 15) is 13.6 Å². The average Bonchev–Trinajstić information content (AvgIpc) is 2.77. The highest BCUT2D eigenvalue weighted by Gasteiger charge is 2.19. The molecule has 0 aliphatic rings. The Morgan fingerprint density at radius 1 is 1.26 bits per heavy atom. The Balaban J connectivity index is 2.34. The molecule has 0 atom stereocenters. The molecule has 1 heterocycles. The lowest BCUT2D eigenvalue weighted by Gasteiger charge is -2.14. The smallest absolute Gasteiger partial charge is 0.268 e. The molecular weight excluding hydrogens is 302 g/mol. The third-order valence-electron chi connectivity index (χ3n) is 3.68. The SMILES string of the molecule is COCCNC(=O)c1c(C)cc(C)n1Cc1c(F)cccc1F. The first-order valence-electron chi connectivity index (χ1n) is 7.32. The molecule has 0 unspecified atom stereocenters. The highest BCUT2D eigenvalue weighted by molar-refractivity contribution is 5.94. The van der Waals surface area contributed by atoms with Gasteiger partial charge in [-0.2, -0.15) is 0 Å². The van der Waals surface area contributed by atoms with Crippen LogP contribution in [-0.2, 0) is 11.3 Å². The van der Waals surface area contributed by atoms with Crippen molar-refractivity contribution < 1.29 is 18.3 Å². The fourth-order valence-electron chi connectivity index (χ4n) is 2.55. The zero-order valence-corrected chi connectivity index (χ0v) is 13.5. The van der Waals surface area contributed by atoms with E-state index in [0.717, 1.165) is 11.3 Å². The van der Waals surface area contributed by atoms with Crippen molar-refractivity contribution in [3.63, 3.8) is 0 Å². The van der Waals surface area contributed by atoms with Crippen molar-refractivity contribution in [3.8, 4) is 0 Å². The van der Waals surface area contributed by atoms with Gasteiger partial charge in [-0.3, -0.25) is 4.79 Å². The maximum Gasteiger partial charge on any atom is 0.268 e. The molecule has 0 saturated heterocycles. The van der Waals surface area contributed by atoms with Crippen LogP contribution in [-0.4, -0.2) is 30.7 Å². The minimum atomic E-state index is -0.624. The van der Waals surface area contributed by atoms with Crippen molar-refractivity contribution in [2.24, 2.45) is 0 Å². The summed E-state index contributed by atoms with van der Waals surface area (Å²) >= 11 is 0. The summed E-state index contributed by atoms with van der Waals surface area (Å²) in [7, 11) is 1.55. The van der Waals surface area contributed by atoms with Crippen LogP contribution in [0.4, 0.5) is 8.78 Å². The standard InChI is InChI=1S/C17H20F2N2O2/c1-11-9-12(2)21(16(11)17(22)20-7-8-23-3)10-13-14(18)5-4-6-15(13)19/h4-6,9H,7-8,10H2,1-3H3,(H,20,22). The van der Waals surface area contributed by atoms with Gasteiger partial charge in [-0.05, 0) is 37.6 Å². The number of carbonyl (C=O) groups is 1. The largest absolute Gasteiger partial charge is 0.383 e. The molecule has 1 N–H and O–H groups in total. The summed E-state index contributed by atoms with van der Waals surface area (Å²) in [5, 5.41) is 2.74. The van der Waals surface area contributed by atoms with E-state index in [1.807, 2.05) is 6.07 Å². The fourth-order valence-corrected chi connectivity index (χ4v) is 2.55. The molecule has 0 saturated carbocycles. The molecule has 1 aromatic carbocycles. The third kappa shape index (κ3) is 3.76. The molecule has 0 radical (unpaired) electrons. The minimum absolute atomic E-state index is 0.0365. The Morgan fingerprint density at radius 2 is 1.91 bits per heavy atom. The highest BCUT2D eigenvalue weighted by Crippen LogP contribution is 2.20. The maximum absolute atomic E-state index is 13.9. The summed E-state index contributed by atoms with van der Waals surface area (Å²) in [5.41, 5.74) is 1.87. The summed E-state index contributed by atoms with van der Waals surface area (Å²) in [6, 6.07) is 5.56. The Hall–Kier alpha value is -2.21. The predicted octanol–water partition coefficient (Wildman–Crippen LogP) is 2.81. The van der Waals surface area contributed by atoms with Gasteiger partial charge >= 0.3 is 0 Å². The van der Waals surface area contributed by atoms with Gasteiger partial charge in [0.2, 0.25) is 0 Å². The van der Waals surface area contributed by atoms with Gasteiger partial charge in [0.05, 0.1) is 13.2 Å². The van der Waals surface area contributed by atoms with Crippen LogP contribution in [0, 0.1) is 25.5 Å². The molecule has 0 spiro atoms. The van der Waals surface area contributed by atoms with Crippen LogP contribution in [0.2, 0.25) is 0 Å². The molecule has 1 amide bonds. The van der Waals surface area contributed by atoms with Gasteiger partial charge < -0.3 is 14.6 Å². The van der Waals surface area contributed by atoms with Crippen molar-refractivity contribution in [3.05, 3.63) is 58.4 Å². The summed E-state index contributed by atoms with van der Waals surface area (Å²) < 4.78 is 34.3. The predicted molar refractivity (Wildman–Crippen MR) is 83.6 cm³/mol. The number of nitrogens with zero attached hydrogens (tertiary/aromatic N) is 1. The second-order valence-electron chi connectivity index (χ2n) is 5.35. The van der Waals surface area contributed by atoms with E-state index in [0.29, 0.717) is 18.8 Å². The van der Waals surface area contributed by atoms with E-state index in [2.05, 4.69) is 5.32 Å². The lowest BCUT2D eigenvalue weighted by Crippen LogP contribution is -2.30. The Morgan fingerprint density at radius 3 is 2.52 bits per heavy atom. The second-order valence-corrected chi connectivity index (χ2v) is 5.35. The second kappa shape index (κ2) is 7.37. The first-order chi connectivity index (χ1) is 11.0. The zero-order valence-electron chi connectivity index (χ0n) is 13.5. The van der Waals surface area contributed by atoms with E-state index in [-0.39, 0.29) is 18.0 Å². The lowest BCUT2D eigenvalue weighted by atomic mass is 10.2. The fraction of sp³-hybridized carbons (Fsp3) is 0.353. The number of halogens is 2. The van der Waals surface area contributed by atoms with E-state index in [1.54, 1.807) is 25.5 Å². The van der Waals surface area contributed by atoms with E-state index in [1.165, 1.54) is 18.2 Å². The van der Waals surface area contributed by atoms with Gasteiger partial charge in [0.15, 0.2) is 0 Å². The molecule has 0 aliphatic heterocycles. The van der Waals surface area contributed by atoms with E-state index < -0.39 is 11.6 Å². The first-order valence-corrected chi connectivity index (χ1v) is 7.32. The van der Waals surface area contributed by atoms with Crippen LogP contribution in [0.15, 0.2) is 24.3 Å². The number of hydrogen-bond acceptors (Lipinski definition) is 2. The number of methoxy groups -OCH3 is 1.